The summed E-state index contributed by atoms with van der Waals surface area (Å²) in [6, 6.07) is 3.20. The zero-order valence-electron chi connectivity index (χ0n) is 8.71. The van der Waals surface area contributed by atoms with Crippen LogP contribution in [0.15, 0.2) is 12.1 Å². The molecule has 2 N–H and O–H groups in total. The molecule has 0 saturated carbocycles. The highest BCUT2D eigenvalue weighted by molar-refractivity contribution is 5.47. The Bertz CT molecular complexity index is 331. The molecule has 0 atom stereocenters. The molecule has 0 aliphatic carbocycles. The molecular formula is C10H14FNO3. The fourth-order valence-electron chi connectivity index (χ4n) is 1.34. The second kappa shape index (κ2) is 5.53. The van der Waals surface area contributed by atoms with Crippen LogP contribution in [-0.2, 0) is 13.2 Å². The van der Waals surface area contributed by atoms with Crippen LogP contribution in [0.25, 0.3) is 0 Å². The predicted octanol–water partition coefficient (Wildman–Crippen LogP) is 1.65. The van der Waals surface area contributed by atoms with Crippen molar-refractivity contribution in [1.29, 1.82) is 0 Å². The maximum Gasteiger partial charge on any atom is 0.161 e. The van der Waals surface area contributed by atoms with Crippen molar-refractivity contribution in [2.24, 2.45) is 0 Å². The molecule has 0 radical (unpaired) electrons. The number of benzene rings is 1. The summed E-state index contributed by atoms with van der Waals surface area (Å²) >= 11 is 0. The van der Waals surface area contributed by atoms with Crippen molar-refractivity contribution in [1.82, 2.24) is 5.48 Å². The molecule has 0 aliphatic rings. The van der Waals surface area contributed by atoms with Gasteiger partial charge in [-0.2, -0.15) is 0 Å². The molecule has 15 heavy (non-hydrogen) atoms. The largest absolute Gasteiger partial charge is 0.493 e. The van der Waals surface area contributed by atoms with Gasteiger partial charge in [-0.1, -0.05) is 0 Å². The van der Waals surface area contributed by atoms with Gasteiger partial charge in [-0.25, -0.2) is 9.87 Å². The van der Waals surface area contributed by atoms with E-state index in [4.69, 9.17) is 14.7 Å². The number of rotatable bonds is 5. The molecule has 0 heterocycles. The van der Waals surface area contributed by atoms with E-state index in [2.05, 4.69) is 0 Å². The predicted molar refractivity (Wildman–Crippen MR) is 53.0 cm³/mol. The molecule has 0 unspecified atom stereocenters. The molecule has 1 rings (SSSR count). The lowest BCUT2D eigenvalue weighted by atomic mass is 10.1. The molecule has 0 fully saturated rings. The Balaban J connectivity index is 3.15. The van der Waals surface area contributed by atoms with Crippen LogP contribution in [0.3, 0.4) is 0 Å². The third kappa shape index (κ3) is 2.57. The van der Waals surface area contributed by atoms with E-state index in [1.54, 1.807) is 12.1 Å². The van der Waals surface area contributed by atoms with Gasteiger partial charge in [0.15, 0.2) is 11.5 Å². The van der Waals surface area contributed by atoms with Crippen LogP contribution in [0.2, 0.25) is 0 Å². The Morgan fingerprint density at radius 1 is 1.20 bits per heavy atom. The Morgan fingerprint density at radius 2 is 1.73 bits per heavy atom. The fourth-order valence-corrected chi connectivity index (χ4v) is 1.34. The van der Waals surface area contributed by atoms with E-state index in [-0.39, 0.29) is 6.54 Å². The lowest BCUT2D eigenvalue weighted by Crippen LogP contribution is -2.09. The topological polar surface area (TPSA) is 50.7 Å². The van der Waals surface area contributed by atoms with Crippen molar-refractivity contribution in [3.63, 3.8) is 0 Å². The standard InChI is InChI=1S/C10H14FNO3/c1-14-9-3-7(5-11)8(6-12-13)4-10(9)15-2/h3-4,12-13H,5-6H2,1-2H3. The molecule has 0 amide bonds. The van der Waals surface area contributed by atoms with Gasteiger partial charge in [0, 0.05) is 6.54 Å². The van der Waals surface area contributed by atoms with E-state index in [0.717, 1.165) is 0 Å². The summed E-state index contributed by atoms with van der Waals surface area (Å²) in [4.78, 5) is 0. The molecule has 0 spiro atoms. The number of methoxy groups -OCH3 is 2. The lowest BCUT2D eigenvalue weighted by Gasteiger charge is -2.12. The zero-order chi connectivity index (χ0) is 11.3. The second-order valence-electron chi connectivity index (χ2n) is 2.94. The monoisotopic (exact) mass is 215 g/mol. The third-order valence-electron chi connectivity index (χ3n) is 2.12. The average molecular weight is 215 g/mol. The van der Waals surface area contributed by atoms with E-state index in [1.165, 1.54) is 14.2 Å². The van der Waals surface area contributed by atoms with E-state index < -0.39 is 6.67 Å². The minimum absolute atomic E-state index is 0.166. The summed E-state index contributed by atoms with van der Waals surface area (Å²) in [6.07, 6.45) is 0. The molecule has 0 bridgehead atoms. The Kier molecular flexibility index (Phi) is 4.33. The SMILES string of the molecule is COc1cc(CF)c(CNO)cc1OC. The number of alkyl halides is 1. The number of hydrogen-bond donors (Lipinski definition) is 2. The normalized spacial score (nSPS) is 10.1. The van der Waals surface area contributed by atoms with Crippen LogP contribution in [0, 0.1) is 0 Å². The van der Waals surface area contributed by atoms with Crippen LogP contribution in [-0.4, -0.2) is 19.4 Å². The Labute approximate surface area is 87.6 Å². The first-order chi connectivity index (χ1) is 7.26. The van der Waals surface area contributed by atoms with Crippen molar-refractivity contribution in [3.05, 3.63) is 23.3 Å². The fraction of sp³-hybridized carbons (Fsp3) is 0.400. The quantitative estimate of drug-likeness (QED) is 0.733. The summed E-state index contributed by atoms with van der Waals surface area (Å²) in [5.41, 5.74) is 3.09. The van der Waals surface area contributed by atoms with Crippen molar-refractivity contribution in [2.45, 2.75) is 13.2 Å². The van der Waals surface area contributed by atoms with E-state index >= 15 is 0 Å². The number of hydrogen-bond acceptors (Lipinski definition) is 4. The van der Waals surface area contributed by atoms with Crippen molar-refractivity contribution < 1.29 is 19.1 Å². The molecule has 84 valence electrons. The highest BCUT2D eigenvalue weighted by atomic mass is 19.1. The van der Waals surface area contributed by atoms with Gasteiger partial charge < -0.3 is 14.7 Å². The van der Waals surface area contributed by atoms with Gasteiger partial charge in [-0.3, -0.25) is 0 Å². The molecule has 0 saturated heterocycles. The molecule has 1 aromatic rings. The van der Waals surface area contributed by atoms with Gasteiger partial charge in [0.25, 0.3) is 0 Å². The van der Waals surface area contributed by atoms with Gasteiger partial charge in [0.1, 0.15) is 6.67 Å². The molecule has 5 heteroatoms. The molecule has 0 aromatic heterocycles. The van der Waals surface area contributed by atoms with Gasteiger partial charge in [-0.05, 0) is 23.3 Å². The third-order valence-corrected chi connectivity index (χ3v) is 2.12. The first-order valence-corrected chi connectivity index (χ1v) is 4.43. The second-order valence-corrected chi connectivity index (χ2v) is 2.94. The van der Waals surface area contributed by atoms with Crippen molar-refractivity contribution in [3.8, 4) is 11.5 Å². The van der Waals surface area contributed by atoms with Crippen molar-refractivity contribution >= 4 is 0 Å². The maximum absolute atomic E-state index is 12.7. The van der Waals surface area contributed by atoms with Crippen LogP contribution in [0.5, 0.6) is 11.5 Å². The summed E-state index contributed by atoms with van der Waals surface area (Å²) in [6.45, 7) is -0.447. The minimum atomic E-state index is -0.614. The van der Waals surface area contributed by atoms with Crippen LogP contribution in [0.1, 0.15) is 11.1 Å². The van der Waals surface area contributed by atoms with E-state index in [0.29, 0.717) is 22.6 Å². The van der Waals surface area contributed by atoms with Gasteiger partial charge >= 0.3 is 0 Å². The van der Waals surface area contributed by atoms with Crippen molar-refractivity contribution in [2.75, 3.05) is 14.2 Å². The summed E-state index contributed by atoms with van der Waals surface area (Å²) in [5, 5.41) is 8.59. The highest BCUT2D eigenvalue weighted by Crippen LogP contribution is 2.30. The van der Waals surface area contributed by atoms with Gasteiger partial charge in [0.05, 0.1) is 14.2 Å². The van der Waals surface area contributed by atoms with Crippen LogP contribution < -0.4 is 15.0 Å². The number of halogens is 1. The maximum atomic E-state index is 12.7. The lowest BCUT2D eigenvalue weighted by molar-refractivity contribution is 0.160. The van der Waals surface area contributed by atoms with Crippen LogP contribution in [0.4, 0.5) is 4.39 Å². The summed E-state index contributed by atoms with van der Waals surface area (Å²) < 4.78 is 22.8. The molecule has 0 aliphatic heterocycles. The Morgan fingerprint density at radius 3 is 2.13 bits per heavy atom. The number of ether oxygens (including phenoxy) is 2. The van der Waals surface area contributed by atoms with E-state index in [9.17, 15) is 4.39 Å². The smallest absolute Gasteiger partial charge is 0.161 e. The first-order valence-electron chi connectivity index (χ1n) is 4.43. The van der Waals surface area contributed by atoms with E-state index in [1.807, 2.05) is 5.48 Å². The van der Waals surface area contributed by atoms with Gasteiger partial charge in [-0.15, -0.1) is 0 Å². The average Bonchev–Trinajstić information content (AvgIpc) is 2.28. The highest BCUT2D eigenvalue weighted by Gasteiger charge is 2.10. The Hall–Kier alpha value is -1.33. The summed E-state index contributed by atoms with van der Waals surface area (Å²) in [5.74, 6) is 0.992. The van der Waals surface area contributed by atoms with Gasteiger partial charge in [0.2, 0.25) is 0 Å². The number of nitrogens with one attached hydrogen (secondary N) is 1. The zero-order valence-corrected chi connectivity index (χ0v) is 8.71. The molecule has 4 nitrogen and oxygen atoms in total. The first kappa shape index (κ1) is 11.7. The molecule has 1 aromatic carbocycles. The minimum Gasteiger partial charge on any atom is -0.493 e. The summed E-state index contributed by atoms with van der Waals surface area (Å²) in [7, 11) is 2.99. The van der Waals surface area contributed by atoms with Crippen LogP contribution >= 0.6 is 0 Å². The molecular weight excluding hydrogens is 201 g/mol. The number of hydroxylamine groups is 1.